The van der Waals surface area contributed by atoms with E-state index in [1.54, 1.807) is 0 Å². The Morgan fingerprint density at radius 1 is 1.07 bits per heavy atom. The first-order chi connectivity index (χ1) is 13.8. The fraction of sp³-hybridized carbons (Fsp3) is 0.773. The number of dihydropyridines is 1. The molecular weight excluding hydrogens is 352 g/mol. The van der Waals surface area contributed by atoms with Gasteiger partial charge in [-0.3, -0.25) is 4.79 Å². The Morgan fingerprint density at radius 2 is 1.82 bits per heavy atom. The second-order valence-electron chi connectivity index (χ2n) is 9.17. The van der Waals surface area contributed by atoms with Crippen LogP contribution in [0.15, 0.2) is 24.0 Å². The number of likely N-dealkylation sites (tertiary alicyclic amines) is 1. The van der Waals surface area contributed by atoms with Gasteiger partial charge in [-0.05, 0) is 56.7 Å². The molecule has 6 nitrogen and oxygen atoms in total. The number of nitrogens with zero attached hydrogens (tertiary/aromatic N) is 3. The number of carbonyl (C=O) groups excluding carboxylic acids is 1. The Bertz CT molecular complexity index is 639. The number of hydrogen-bond acceptors (Lipinski definition) is 5. The first-order valence-corrected chi connectivity index (χ1v) is 11.2. The molecule has 0 aromatic heterocycles. The first kappa shape index (κ1) is 18.5. The summed E-state index contributed by atoms with van der Waals surface area (Å²) in [5.74, 6) is 1.94. The summed E-state index contributed by atoms with van der Waals surface area (Å²) in [5.41, 5.74) is 0.328. The van der Waals surface area contributed by atoms with Crippen LogP contribution in [-0.2, 0) is 9.53 Å². The molecule has 28 heavy (non-hydrogen) atoms. The van der Waals surface area contributed by atoms with Crippen molar-refractivity contribution in [1.29, 1.82) is 0 Å². The number of amides is 1. The Hall–Kier alpha value is -1.53. The van der Waals surface area contributed by atoms with E-state index in [1.165, 1.54) is 44.6 Å². The number of hydrogen-bond donors (Lipinski definition) is 1. The molecule has 6 heteroatoms. The number of carbonyl (C=O) groups is 1. The quantitative estimate of drug-likeness (QED) is 0.795. The van der Waals surface area contributed by atoms with Gasteiger partial charge in [-0.25, -0.2) is 0 Å². The first-order valence-electron chi connectivity index (χ1n) is 11.2. The summed E-state index contributed by atoms with van der Waals surface area (Å²) in [6.07, 6.45) is 12.3. The number of piperazine rings is 1. The third-order valence-corrected chi connectivity index (χ3v) is 7.71. The van der Waals surface area contributed by atoms with Crippen molar-refractivity contribution in [3.05, 3.63) is 24.0 Å². The smallest absolute Gasteiger partial charge is 0.226 e. The Morgan fingerprint density at radius 3 is 2.50 bits per heavy atom. The summed E-state index contributed by atoms with van der Waals surface area (Å²) in [6, 6.07) is 0.713. The molecule has 1 N–H and O–H groups in total. The highest BCUT2D eigenvalue weighted by molar-refractivity contribution is 5.83. The Labute approximate surface area is 168 Å². The van der Waals surface area contributed by atoms with Crippen LogP contribution in [0.5, 0.6) is 0 Å². The van der Waals surface area contributed by atoms with Crippen molar-refractivity contribution in [3.63, 3.8) is 0 Å². The van der Waals surface area contributed by atoms with Gasteiger partial charge in [-0.1, -0.05) is 12.2 Å². The van der Waals surface area contributed by atoms with Gasteiger partial charge < -0.3 is 24.8 Å². The van der Waals surface area contributed by atoms with Crippen LogP contribution in [0, 0.1) is 11.3 Å². The molecule has 3 saturated heterocycles. The number of ether oxygens (including phenoxy) is 1. The monoisotopic (exact) mass is 386 g/mol. The average Bonchev–Trinajstić information content (AvgIpc) is 3.48. The summed E-state index contributed by atoms with van der Waals surface area (Å²) in [6.45, 7) is 8.70. The summed E-state index contributed by atoms with van der Waals surface area (Å²) >= 11 is 0. The molecule has 1 amide bonds. The van der Waals surface area contributed by atoms with Crippen molar-refractivity contribution >= 4 is 5.91 Å². The van der Waals surface area contributed by atoms with Crippen molar-refractivity contribution in [2.24, 2.45) is 11.3 Å². The maximum Gasteiger partial charge on any atom is 0.226 e. The minimum Gasteiger partial charge on any atom is -0.381 e. The minimum atomic E-state index is 0.297. The molecule has 0 aromatic carbocycles. The zero-order valence-corrected chi connectivity index (χ0v) is 16.9. The van der Waals surface area contributed by atoms with Gasteiger partial charge in [0.25, 0.3) is 0 Å². The highest BCUT2D eigenvalue weighted by atomic mass is 16.5. The van der Waals surface area contributed by atoms with Crippen molar-refractivity contribution in [3.8, 4) is 0 Å². The summed E-state index contributed by atoms with van der Waals surface area (Å²) < 4.78 is 5.51. The molecule has 5 rings (SSSR count). The maximum atomic E-state index is 13.1. The van der Waals surface area contributed by atoms with Crippen LogP contribution in [0.2, 0.25) is 0 Å². The van der Waals surface area contributed by atoms with Crippen molar-refractivity contribution in [2.45, 2.75) is 38.1 Å². The average molecular weight is 387 g/mol. The SMILES string of the molecule is O=C(C1CC12CCN(C1CCOCC1)CC2)N1CCN(C2=CC=CCN2)CC1. The largest absolute Gasteiger partial charge is 0.381 e. The van der Waals surface area contributed by atoms with Crippen LogP contribution in [-0.4, -0.2) is 85.7 Å². The van der Waals surface area contributed by atoms with E-state index < -0.39 is 0 Å². The lowest BCUT2D eigenvalue weighted by Gasteiger charge is -2.40. The van der Waals surface area contributed by atoms with E-state index in [-0.39, 0.29) is 0 Å². The molecule has 1 atom stereocenters. The van der Waals surface area contributed by atoms with Gasteiger partial charge in [0.1, 0.15) is 5.82 Å². The lowest BCUT2D eigenvalue weighted by Crippen LogP contribution is -2.51. The highest BCUT2D eigenvalue weighted by Gasteiger charge is 2.59. The number of allylic oxidation sites excluding steroid dienone is 2. The van der Waals surface area contributed by atoms with Crippen molar-refractivity contribution in [2.75, 3.05) is 59.0 Å². The highest BCUT2D eigenvalue weighted by Crippen LogP contribution is 2.60. The van der Waals surface area contributed by atoms with Crippen LogP contribution >= 0.6 is 0 Å². The second kappa shape index (κ2) is 7.71. The van der Waals surface area contributed by atoms with Crippen LogP contribution in [0.3, 0.4) is 0 Å². The van der Waals surface area contributed by atoms with Gasteiger partial charge in [-0.15, -0.1) is 0 Å². The van der Waals surface area contributed by atoms with Crippen LogP contribution < -0.4 is 5.32 Å². The zero-order valence-electron chi connectivity index (χ0n) is 16.9. The topological polar surface area (TPSA) is 48.1 Å². The Balaban J connectivity index is 1.10. The third-order valence-electron chi connectivity index (χ3n) is 7.71. The predicted molar refractivity (Wildman–Crippen MR) is 109 cm³/mol. The zero-order chi connectivity index (χ0) is 19.0. The summed E-state index contributed by atoms with van der Waals surface area (Å²) in [7, 11) is 0. The molecule has 0 bridgehead atoms. The van der Waals surface area contributed by atoms with Crippen LogP contribution in [0.4, 0.5) is 0 Å². The van der Waals surface area contributed by atoms with Gasteiger partial charge >= 0.3 is 0 Å². The molecule has 4 aliphatic heterocycles. The molecule has 4 fully saturated rings. The standard InChI is InChI=1S/C22H34N4O2/c27-21(26-13-11-25(12-14-26)20-3-1-2-8-23-20)19-17-22(19)6-9-24(10-7-22)18-4-15-28-16-5-18/h1-3,18-19,23H,4-17H2. The van der Waals surface area contributed by atoms with E-state index >= 15 is 0 Å². The van der Waals surface area contributed by atoms with Gasteiger partial charge in [0.2, 0.25) is 5.91 Å². The molecule has 0 aromatic rings. The van der Waals surface area contributed by atoms with Crippen molar-refractivity contribution < 1.29 is 9.53 Å². The molecule has 1 saturated carbocycles. The van der Waals surface area contributed by atoms with E-state index in [1.807, 2.05) is 0 Å². The third kappa shape index (κ3) is 3.57. The van der Waals surface area contributed by atoms with E-state index in [0.717, 1.165) is 52.4 Å². The summed E-state index contributed by atoms with van der Waals surface area (Å²) in [5, 5.41) is 3.43. The molecule has 1 aliphatic carbocycles. The van der Waals surface area contributed by atoms with Gasteiger partial charge in [0.05, 0.1) is 0 Å². The van der Waals surface area contributed by atoms with Crippen molar-refractivity contribution in [1.82, 2.24) is 20.0 Å². The predicted octanol–water partition coefficient (Wildman–Crippen LogP) is 1.41. The van der Waals surface area contributed by atoms with Gasteiger partial charge in [-0.2, -0.15) is 0 Å². The van der Waals surface area contributed by atoms with Gasteiger partial charge in [0.15, 0.2) is 0 Å². The fourth-order valence-corrected chi connectivity index (χ4v) is 5.69. The van der Waals surface area contributed by atoms with E-state index in [0.29, 0.717) is 23.3 Å². The summed E-state index contributed by atoms with van der Waals surface area (Å²) in [4.78, 5) is 20.3. The van der Waals surface area contributed by atoms with E-state index in [4.69, 9.17) is 4.74 Å². The number of nitrogens with one attached hydrogen (secondary N) is 1. The molecule has 5 aliphatic rings. The lowest BCUT2D eigenvalue weighted by atomic mass is 9.89. The molecule has 1 unspecified atom stereocenters. The van der Waals surface area contributed by atoms with Crippen LogP contribution in [0.1, 0.15) is 32.1 Å². The number of rotatable bonds is 3. The molecule has 154 valence electrons. The number of piperidine rings is 1. The fourth-order valence-electron chi connectivity index (χ4n) is 5.69. The lowest BCUT2D eigenvalue weighted by molar-refractivity contribution is -0.135. The van der Waals surface area contributed by atoms with Crippen LogP contribution in [0.25, 0.3) is 0 Å². The molecule has 4 heterocycles. The minimum absolute atomic E-state index is 0.297. The maximum absolute atomic E-state index is 13.1. The Kier molecular flexibility index (Phi) is 5.09. The molecule has 0 radical (unpaired) electrons. The van der Waals surface area contributed by atoms with E-state index in [9.17, 15) is 4.79 Å². The second-order valence-corrected chi connectivity index (χ2v) is 9.17. The van der Waals surface area contributed by atoms with E-state index in [2.05, 4.69) is 38.2 Å². The molecular formula is C22H34N4O2. The van der Waals surface area contributed by atoms with Gasteiger partial charge in [0, 0.05) is 57.9 Å². The molecule has 1 spiro atoms. The normalized spacial score (nSPS) is 30.9.